The van der Waals surface area contributed by atoms with Crippen molar-refractivity contribution in [3.05, 3.63) is 33.8 Å². The lowest BCUT2D eigenvalue weighted by atomic mass is 10.1. The highest BCUT2D eigenvalue weighted by molar-refractivity contribution is 9.10. The molecule has 0 aliphatic heterocycles. The Morgan fingerprint density at radius 3 is 2.94 bits per heavy atom. The first-order valence-corrected chi connectivity index (χ1v) is 7.29. The van der Waals surface area contributed by atoms with Gasteiger partial charge in [-0.05, 0) is 40.0 Å². The summed E-state index contributed by atoms with van der Waals surface area (Å²) in [5.41, 5.74) is 1.60. The predicted molar refractivity (Wildman–Crippen MR) is 76.5 cm³/mol. The number of benzene rings is 1. The van der Waals surface area contributed by atoms with Gasteiger partial charge in [-0.3, -0.25) is 4.72 Å². The van der Waals surface area contributed by atoms with Crippen molar-refractivity contribution in [3.63, 3.8) is 0 Å². The summed E-state index contributed by atoms with van der Waals surface area (Å²) in [6.07, 6.45) is 0.780. The van der Waals surface area contributed by atoms with E-state index in [1.807, 2.05) is 12.1 Å². The number of rotatable bonds is 7. The molecule has 0 aliphatic carbocycles. The monoisotopic (exact) mass is 333 g/mol. The summed E-state index contributed by atoms with van der Waals surface area (Å²) in [5.74, 6) is 0.525. The van der Waals surface area contributed by atoms with Crippen LogP contribution in [0.4, 0.5) is 0 Å². The van der Waals surface area contributed by atoms with E-state index in [2.05, 4.69) is 25.4 Å². The van der Waals surface area contributed by atoms with E-state index >= 15 is 0 Å². The molecule has 100 valence electrons. The lowest BCUT2D eigenvalue weighted by Gasteiger charge is -2.07. The van der Waals surface area contributed by atoms with Crippen LogP contribution in [-0.2, 0) is 11.3 Å². The van der Waals surface area contributed by atoms with Crippen LogP contribution in [0.15, 0.2) is 22.7 Å². The van der Waals surface area contributed by atoms with E-state index in [-0.39, 0.29) is 12.6 Å². The van der Waals surface area contributed by atoms with Crippen LogP contribution in [-0.4, -0.2) is 30.5 Å². The SMILES string of the molecule is COC(=O)c1ccc(CNSCCCO)cc1Br. The fourth-order valence-corrected chi connectivity index (χ4v) is 2.56. The number of nitrogens with one attached hydrogen (secondary N) is 1. The van der Waals surface area contributed by atoms with Crippen LogP contribution in [0, 0.1) is 0 Å². The summed E-state index contributed by atoms with van der Waals surface area (Å²) >= 11 is 4.93. The van der Waals surface area contributed by atoms with Gasteiger partial charge in [0.05, 0.1) is 12.7 Å². The molecule has 4 nitrogen and oxygen atoms in total. The fraction of sp³-hybridized carbons (Fsp3) is 0.417. The molecule has 0 radical (unpaired) electrons. The van der Waals surface area contributed by atoms with Gasteiger partial charge in [0.2, 0.25) is 0 Å². The highest BCUT2D eigenvalue weighted by Crippen LogP contribution is 2.19. The number of esters is 1. The van der Waals surface area contributed by atoms with Gasteiger partial charge >= 0.3 is 5.97 Å². The zero-order chi connectivity index (χ0) is 13.4. The van der Waals surface area contributed by atoms with Gasteiger partial charge in [0, 0.05) is 23.4 Å². The third-order valence-electron chi connectivity index (χ3n) is 2.22. The second-order valence-corrected chi connectivity index (χ2v) is 5.39. The van der Waals surface area contributed by atoms with Gasteiger partial charge in [-0.25, -0.2) is 4.79 Å². The summed E-state index contributed by atoms with van der Waals surface area (Å²) < 4.78 is 8.60. The Morgan fingerprint density at radius 1 is 1.56 bits per heavy atom. The molecule has 18 heavy (non-hydrogen) atoms. The van der Waals surface area contributed by atoms with Crippen molar-refractivity contribution in [2.75, 3.05) is 19.5 Å². The maximum Gasteiger partial charge on any atom is 0.338 e. The van der Waals surface area contributed by atoms with Crippen molar-refractivity contribution in [3.8, 4) is 0 Å². The second-order valence-electron chi connectivity index (χ2n) is 3.55. The molecule has 1 aromatic rings. The average molecular weight is 334 g/mol. The van der Waals surface area contributed by atoms with Crippen molar-refractivity contribution in [1.82, 2.24) is 4.72 Å². The molecular formula is C12H16BrNO3S. The van der Waals surface area contributed by atoms with Crippen molar-refractivity contribution >= 4 is 33.8 Å². The number of carbonyl (C=O) groups is 1. The summed E-state index contributed by atoms with van der Waals surface area (Å²) in [5, 5.41) is 8.63. The maximum absolute atomic E-state index is 11.4. The number of aliphatic hydroxyl groups is 1. The Bertz CT molecular complexity index is 401. The van der Waals surface area contributed by atoms with E-state index in [1.165, 1.54) is 7.11 Å². The van der Waals surface area contributed by atoms with Gasteiger partial charge in [0.15, 0.2) is 0 Å². The predicted octanol–water partition coefficient (Wildman–Crippen LogP) is 2.36. The summed E-state index contributed by atoms with van der Waals surface area (Å²) in [6, 6.07) is 5.52. The first-order chi connectivity index (χ1) is 8.69. The Balaban J connectivity index is 2.49. The van der Waals surface area contributed by atoms with Gasteiger partial charge in [0.1, 0.15) is 0 Å². The number of hydrogen-bond donors (Lipinski definition) is 2. The van der Waals surface area contributed by atoms with Crippen LogP contribution in [0.1, 0.15) is 22.3 Å². The molecule has 0 atom stereocenters. The molecule has 6 heteroatoms. The molecule has 0 saturated heterocycles. The molecule has 0 bridgehead atoms. The van der Waals surface area contributed by atoms with Gasteiger partial charge in [-0.15, -0.1) is 0 Å². The van der Waals surface area contributed by atoms with E-state index in [0.717, 1.165) is 22.2 Å². The molecule has 0 aliphatic rings. The molecule has 0 amide bonds. The quantitative estimate of drug-likeness (QED) is 0.455. The standard InChI is InChI=1S/C12H16BrNO3S/c1-17-12(16)10-4-3-9(7-11(10)13)8-14-18-6-2-5-15/h3-4,7,14-15H,2,5-6,8H2,1H3. The zero-order valence-electron chi connectivity index (χ0n) is 10.1. The van der Waals surface area contributed by atoms with Crippen LogP contribution in [0.3, 0.4) is 0 Å². The summed E-state index contributed by atoms with van der Waals surface area (Å²) in [6.45, 7) is 0.921. The molecule has 0 saturated carbocycles. The van der Waals surface area contributed by atoms with Crippen LogP contribution in [0.2, 0.25) is 0 Å². The van der Waals surface area contributed by atoms with Gasteiger partial charge in [0.25, 0.3) is 0 Å². The molecule has 0 aromatic heterocycles. The smallest absolute Gasteiger partial charge is 0.338 e. The Kier molecular flexibility index (Phi) is 7.34. The number of carbonyl (C=O) groups excluding carboxylic acids is 1. The van der Waals surface area contributed by atoms with E-state index in [1.54, 1.807) is 18.0 Å². The van der Waals surface area contributed by atoms with Crippen LogP contribution < -0.4 is 4.72 Å². The Hall–Kier alpha value is -0.560. The van der Waals surface area contributed by atoms with E-state index in [4.69, 9.17) is 5.11 Å². The van der Waals surface area contributed by atoms with E-state index in [0.29, 0.717) is 12.1 Å². The molecule has 0 unspecified atom stereocenters. The van der Waals surface area contributed by atoms with E-state index in [9.17, 15) is 4.79 Å². The minimum Gasteiger partial charge on any atom is -0.465 e. The summed E-state index contributed by atoms with van der Waals surface area (Å²) in [7, 11) is 1.36. The molecule has 2 N–H and O–H groups in total. The first-order valence-electron chi connectivity index (χ1n) is 5.51. The number of methoxy groups -OCH3 is 1. The number of aliphatic hydroxyl groups excluding tert-OH is 1. The molecule has 1 rings (SSSR count). The fourth-order valence-electron chi connectivity index (χ4n) is 1.29. The van der Waals surface area contributed by atoms with Crippen molar-refractivity contribution in [2.24, 2.45) is 0 Å². The first kappa shape index (κ1) is 15.5. The highest BCUT2D eigenvalue weighted by atomic mass is 79.9. The topological polar surface area (TPSA) is 58.6 Å². The third-order valence-corrected chi connectivity index (χ3v) is 3.72. The molecular weight excluding hydrogens is 318 g/mol. The number of halogens is 1. The molecule has 1 aromatic carbocycles. The third kappa shape index (κ3) is 4.97. The normalized spacial score (nSPS) is 10.4. The van der Waals surface area contributed by atoms with Gasteiger partial charge in [-0.1, -0.05) is 18.0 Å². The largest absolute Gasteiger partial charge is 0.465 e. The van der Waals surface area contributed by atoms with Crippen LogP contribution in [0.5, 0.6) is 0 Å². The minimum absolute atomic E-state index is 0.216. The molecule has 0 heterocycles. The maximum atomic E-state index is 11.4. The van der Waals surface area contributed by atoms with Crippen molar-refractivity contribution < 1.29 is 14.6 Å². The molecule has 0 spiro atoms. The Labute approximate surface area is 119 Å². The summed E-state index contributed by atoms with van der Waals surface area (Å²) in [4.78, 5) is 11.4. The molecule has 0 fully saturated rings. The number of ether oxygens (including phenoxy) is 1. The Morgan fingerprint density at radius 2 is 2.33 bits per heavy atom. The van der Waals surface area contributed by atoms with Crippen molar-refractivity contribution in [1.29, 1.82) is 0 Å². The number of hydrogen-bond acceptors (Lipinski definition) is 5. The van der Waals surface area contributed by atoms with Gasteiger partial charge in [-0.2, -0.15) is 0 Å². The van der Waals surface area contributed by atoms with Crippen molar-refractivity contribution in [2.45, 2.75) is 13.0 Å². The zero-order valence-corrected chi connectivity index (χ0v) is 12.5. The highest BCUT2D eigenvalue weighted by Gasteiger charge is 2.10. The lowest BCUT2D eigenvalue weighted by molar-refractivity contribution is 0.0599. The van der Waals surface area contributed by atoms with Crippen LogP contribution in [0.25, 0.3) is 0 Å². The average Bonchev–Trinajstić information content (AvgIpc) is 2.38. The van der Waals surface area contributed by atoms with Crippen LogP contribution >= 0.6 is 27.9 Å². The van der Waals surface area contributed by atoms with E-state index < -0.39 is 0 Å². The second kappa shape index (κ2) is 8.53. The van der Waals surface area contributed by atoms with Gasteiger partial charge < -0.3 is 9.84 Å². The lowest BCUT2D eigenvalue weighted by Crippen LogP contribution is -2.07. The minimum atomic E-state index is -0.348.